The van der Waals surface area contributed by atoms with Crippen LogP contribution >= 0.6 is 11.6 Å². The second kappa shape index (κ2) is 5.70. The van der Waals surface area contributed by atoms with E-state index in [-0.39, 0.29) is 5.69 Å². The minimum Gasteiger partial charge on any atom is -0.372 e. The minimum absolute atomic E-state index is 0.284. The molecule has 0 N–H and O–H groups in total. The second-order valence-electron chi connectivity index (χ2n) is 4.20. The Morgan fingerprint density at radius 2 is 1.89 bits per heavy atom. The summed E-state index contributed by atoms with van der Waals surface area (Å²) in [6, 6.07) is 6.75. The maximum absolute atomic E-state index is 12.7. The molecule has 2 nitrogen and oxygen atoms in total. The van der Waals surface area contributed by atoms with Gasteiger partial charge < -0.3 is 4.90 Å². The largest absolute Gasteiger partial charge is 0.372 e. The summed E-state index contributed by atoms with van der Waals surface area (Å²) >= 11 is 6.08. The molecule has 5 heteroatoms. The fourth-order valence-electron chi connectivity index (χ4n) is 2.09. The van der Waals surface area contributed by atoms with Crippen LogP contribution in [0.3, 0.4) is 0 Å². The van der Waals surface area contributed by atoms with E-state index in [1.54, 1.807) is 6.07 Å². The molecule has 0 aliphatic heterocycles. The Morgan fingerprint density at radius 3 is 2.47 bits per heavy atom. The van der Waals surface area contributed by atoms with Crippen LogP contribution in [0.15, 0.2) is 24.3 Å². The first kappa shape index (κ1) is 14.0. The van der Waals surface area contributed by atoms with Crippen molar-refractivity contribution >= 4 is 28.2 Å². The molecule has 1 aromatic carbocycles. The van der Waals surface area contributed by atoms with Gasteiger partial charge in [-0.15, -0.1) is 0 Å². The first-order chi connectivity index (χ1) is 9.06. The lowest BCUT2D eigenvalue weighted by molar-refractivity contribution is 0.146. The van der Waals surface area contributed by atoms with Crippen LogP contribution in [0.1, 0.15) is 26.0 Å². The summed E-state index contributed by atoms with van der Waals surface area (Å²) in [5, 5.41) is 1.02. The van der Waals surface area contributed by atoms with E-state index in [2.05, 4.69) is 23.7 Å². The van der Waals surface area contributed by atoms with Crippen molar-refractivity contribution in [2.45, 2.75) is 20.3 Å². The zero-order chi connectivity index (χ0) is 14.0. The Morgan fingerprint density at radius 1 is 1.21 bits per heavy atom. The summed E-state index contributed by atoms with van der Waals surface area (Å²) in [7, 11) is 0. The highest BCUT2D eigenvalue weighted by molar-refractivity contribution is 6.35. The molecule has 0 amide bonds. The molecule has 2 aromatic rings. The Kier molecular flexibility index (Phi) is 4.20. The van der Waals surface area contributed by atoms with Crippen LogP contribution in [0, 0.1) is 0 Å². The molecule has 1 aromatic heterocycles. The van der Waals surface area contributed by atoms with Gasteiger partial charge in [0.25, 0.3) is 6.43 Å². The quantitative estimate of drug-likeness (QED) is 0.811. The summed E-state index contributed by atoms with van der Waals surface area (Å²) in [5.74, 6) is 0. The number of pyridine rings is 1. The molecule has 0 atom stereocenters. The highest BCUT2D eigenvalue weighted by Gasteiger charge is 2.13. The molecule has 0 bridgehead atoms. The molecule has 0 aliphatic rings. The molecule has 0 aliphatic carbocycles. The number of alkyl halides is 2. The van der Waals surface area contributed by atoms with E-state index in [0.29, 0.717) is 15.9 Å². The molecule has 1 heterocycles. The normalized spacial score (nSPS) is 11.3. The topological polar surface area (TPSA) is 16.1 Å². The summed E-state index contributed by atoms with van der Waals surface area (Å²) in [4.78, 5) is 6.10. The maximum atomic E-state index is 12.7. The lowest BCUT2D eigenvalue weighted by Crippen LogP contribution is -2.21. The van der Waals surface area contributed by atoms with E-state index >= 15 is 0 Å². The minimum atomic E-state index is -2.61. The van der Waals surface area contributed by atoms with Crippen LogP contribution in [-0.2, 0) is 0 Å². The Bertz CT molecular complexity index is 583. The predicted molar refractivity (Wildman–Crippen MR) is 75.3 cm³/mol. The van der Waals surface area contributed by atoms with Crippen molar-refractivity contribution in [3.05, 3.63) is 35.0 Å². The Labute approximate surface area is 116 Å². The molecule has 19 heavy (non-hydrogen) atoms. The number of hydrogen-bond acceptors (Lipinski definition) is 2. The fourth-order valence-corrected chi connectivity index (χ4v) is 2.35. The fraction of sp³-hybridized carbons (Fsp3) is 0.357. The Balaban J connectivity index is 2.55. The number of anilines is 1. The molecular weight excluding hydrogens is 270 g/mol. The van der Waals surface area contributed by atoms with Gasteiger partial charge >= 0.3 is 0 Å². The third-order valence-corrected chi connectivity index (χ3v) is 3.43. The predicted octanol–water partition coefficient (Wildman–Crippen LogP) is 4.67. The van der Waals surface area contributed by atoms with Crippen molar-refractivity contribution in [2.75, 3.05) is 18.0 Å². The maximum Gasteiger partial charge on any atom is 0.280 e. The first-order valence-electron chi connectivity index (χ1n) is 6.20. The number of hydrogen-bond donors (Lipinski definition) is 0. The van der Waals surface area contributed by atoms with Gasteiger partial charge in [-0.25, -0.2) is 13.8 Å². The first-order valence-corrected chi connectivity index (χ1v) is 6.57. The SMILES string of the molecule is CCN(CC)c1ccc2nc(C(F)F)cc(Cl)c2c1. The number of fused-ring (bicyclic) bond motifs is 1. The lowest BCUT2D eigenvalue weighted by Gasteiger charge is -2.21. The molecule has 0 saturated carbocycles. The number of benzene rings is 1. The van der Waals surface area contributed by atoms with E-state index in [0.717, 1.165) is 18.8 Å². The third kappa shape index (κ3) is 2.78. The van der Waals surface area contributed by atoms with Crippen LogP contribution in [0.2, 0.25) is 5.02 Å². The van der Waals surface area contributed by atoms with Gasteiger partial charge in [0.15, 0.2) is 0 Å². The number of rotatable bonds is 4. The zero-order valence-electron chi connectivity index (χ0n) is 10.8. The van der Waals surface area contributed by atoms with Crippen LogP contribution < -0.4 is 4.90 Å². The third-order valence-electron chi connectivity index (χ3n) is 3.11. The van der Waals surface area contributed by atoms with E-state index in [1.807, 2.05) is 12.1 Å². The van der Waals surface area contributed by atoms with Gasteiger partial charge in [0, 0.05) is 24.2 Å². The van der Waals surface area contributed by atoms with Crippen molar-refractivity contribution < 1.29 is 8.78 Å². The van der Waals surface area contributed by atoms with Gasteiger partial charge in [0.2, 0.25) is 0 Å². The highest BCUT2D eigenvalue weighted by atomic mass is 35.5. The molecule has 0 spiro atoms. The van der Waals surface area contributed by atoms with Gasteiger partial charge in [-0.05, 0) is 38.1 Å². The highest BCUT2D eigenvalue weighted by Crippen LogP contribution is 2.30. The van der Waals surface area contributed by atoms with Gasteiger partial charge in [0.1, 0.15) is 5.69 Å². The van der Waals surface area contributed by atoms with Crippen molar-refractivity contribution in [3.63, 3.8) is 0 Å². The summed E-state index contributed by atoms with van der Waals surface area (Å²) in [6.07, 6.45) is -2.61. The van der Waals surface area contributed by atoms with Gasteiger partial charge in [-0.2, -0.15) is 0 Å². The smallest absolute Gasteiger partial charge is 0.280 e. The van der Waals surface area contributed by atoms with Crippen LogP contribution in [0.25, 0.3) is 10.9 Å². The van der Waals surface area contributed by atoms with E-state index in [1.165, 1.54) is 6.07 Å². The van der Waals surface area contributed by atoms with Gasteiger partial charge in [-0.1, -0.05) is 11.6 Å². The lowest BCUT2D eigenvalue weighted by atomic mass is 10.1. The van der Waals surface area contributed by atoms with Crippen molar-refractivity contribution in [1.82, 2.24) is 4.98 Å². The van der Waals surface area contributed by atoms with Crippen molar-refractivity contribution in [1.29, 1.82) is 0 Å². The van der Waals surface area contributed by atoms with Crippen molar-refractivity contribution in [3.8, 4) is 0 Å². The average Bonchev–Trinajstić information content (AvgIpc) is 2.40. The zero-order valence-corrected chi connectivity index (χ0v) is 11.6. The van der Waals surface area contributed by atoms with Gasteiger partial charge in [0.05, 0.1) is 10.5 Å². The number of nitrogens with zero attached hydrogens (tertiary/aromatic N) is 2. The van der Waals surface area contributed by atoms with Crippen molar-refractivity contribution in [2.24, 2.45) is 0 Å². The van der Waals surface area contributed by atoms with E-state index in [9.17, 15) is 8.78 Å². The molecule has 0 saturated heterocycles. The Hall–Kier alpha value is -1.42. The molecular formula is C14H15ClF2N2. The average molecular weight is 285 g/mol. The van der Waals surface area contributed by atoms with E-state index < -0.39 is 6.43 Å². The molecule has 2 rings (SSSR count). The molecule has 0 unspecified atom stereocenters. The molecule has 0 fully saturated rings. The summed E-state index contributed by atoms with van der Waals surface area (Å²) in [5.41, 5.74) is 1.23. The van der Waals surface area contributed by atoms with Crippen LogP contribution in [0.5, 0.6) is 0 Å². The van der Waals surface area contributed by atoms with Gasteiger partial charge in [-0.3, -0.25) is 0 Å². The summed E-state index contributed by atoms with van der Waals surface area (Å²) in [6.45, 7) is 5.88. The van der Waals surface area contributed by atoms with Crippen LogP contribution in [-0.4, -0.2) is 18.1 Å². The number of halogens is 3. The summed E-state index contributed by atoms with van der Waals surface area (Å²) < 4.78 is 25.3. The monoisotopic (exact) mass is 284 g/mol. The standard InChI is InChI=1S/C14H15ClF2N2/c1-3-19(4-2)9-5-6-12-10(7-9)11(15)8-13(18-12)14(16)17/h5-8,14H,3-4H2,1-2H3. The molecule has 0 radical (unpaired) electrons. The second-order valence-corrected chi connectivity index (χ2v) is 4.61. The molecule has 102 valence electrons. The van der Waals surface area contributed by atoms with Crippen LogP contribution in [0.4, 0.5) is 14.5 Å². The number of aromatic nitrogens is 1. The van der Waals surface area contributed by atoms with E-state index in [4.69, 9.17) is 11.6 Å².